The minimum Gasteiger partial charge on any atom is -0.383 e. The number of likely N-dealkylation sites (N-methyl/N-ethyl adjacent to an activating group) is 1. The van der Waals surface area contributed by atoms with Crippen LogP contribution in [0.25, 0.3) is 11.0 Å². The number of hydrogen-bond donors (Lipinski definition) is 2. The third kappa shape index (κ3) is 3.46. The first kappa shape index (κ1) is 15.2. The maximum absolute atomic E-state index is 11.5. The van der Waals surface area contributed by atoms with Crippen molar-refractivity contribution >= 4 is 22.8 Å². The summed E-state index contributed by atoms with van der Waals surface area (Å²) in [5.41, 5.74) is 6.65. The summed E-state index contributed by atoms with van der Waals surface area (Å²) < 4.78 is 1.67. The molecule has 0 bridgehead atoms. The molecule has 0 fully saturated rings. The predicted molar refractivity (Wildman–Crippen MR) is 80.4 cm³/mol. The summed E-state index contributed by atoms with van der Waals surface area (Å²) in [7, 11) is 3.44. The highest BCUT2D eigenvalue weighted by atomic mass is 16.1. The van der Waals surface area contributed by atoms with Gasteiger partial charge in [0.1, 0.15) is 11.6 Å². The number of nitrogens with zero attached hydrogens (tertiary/aromatic N) is 5. The molecular weight excluding hydrogens is 270 g/mol. The van der Waals surface area contributed by atoms with E-state index in [9.17, 15) is 4.79 Å². The average Bonchev–Trinajstić information content (AvgIpc) is 2.81. The van der Waals surface area contributed by atoms with E-state index in [1.54, 1.807) is 17.9 Å². The molecule has 2 rings (SSSR count). The van der Waals surface area contributed by atoms with Crippen molar-refractivity contribution < 1.29 is 4.79 Å². The first-order valence-corrected chi connectivity index (χ1v) is 6.92. The van der Waals surface area contributed by atoms with E-state index in [4.69, 9.17) is 5.73 Å². The topological polar surface area (TPSA) is 102 Å². The van der Waals surface area contributed by atoms with Gasteiger partial charge in [0.2, 0.25) is 5.91 Å². The fraction of sp³-hybridized carbons (Fsp3) is 0.538. The maximum Gasteiger partial charge on any atom is 0.233 e. The molecule has 2 aromatic heterocycles. The summed E-state index contributed by atoms with van der Waals surface area (Å²) in [5.74, 6) is 0.985. The minimum absolute atomic E-state index is 0.0296. The Hall–Kier alpha value is -2.22. The molecule has 0 aliphatic heterocycles. The Morgan fingerprint density at radius 2 is 2.24 bits per heavy atom. The van der Waals surface area contributed by atoms with Gasteiger partial charge in [0, 0.05) is 14.1 Å². The second kappa shape index (κ2) is 6.49. The molecule has 2 aromatic rings. The Balaban J connectivity index is 2.23. The molecule has 3 N–H and O–H groups in total. The van der Waals surface area contributed by atoms with Crippen molar-refractivity contribution in [1.82, 2.24) is 30.0 Å². The molecule has 0 unspecified atom stereocenters. The fourth-order valence-electron chi connectivity index (χ4n) is 2.17. The molecule has 0 spiro atoms. The Bertz CT molecular complexity index is 637. The molecule has 114 valence electrons. The molecule has 2 heterocycles. The van der Waals surface area contributed by atoms with Gasteiger partial charge in [-0.3, -0.25) is 14.4 Å². The number of aryl methyl sites for hydroxylation is 1. The lowest BCUT2D eigenvalue weighted by atomic mass is 10.3. The molecule has 8 heteroatoms. The molecule has 0 aliphatic rings. The van der Waals surface area contributed by atoms with Gasteiger partial charge in [0.25, 0.3) is 0 Å². The highest BCUT2D eigenvalue weighted by Crippen LogP contribution is 2.17. The third-order valence-corrected chi connectivity index (χ3v) is 3.22. The molecule has 0 radical (unpaired) electrons. The van der Waals surface area contributed by atoms with E-state index in [1.165, 1.54) is 0 Å². The van der Waals surface area contributed by atoms with Crippen LogP contribution in [0, 0.1) is 0 Å². The number of amides is 1. The van der Waals surface area contributed by atoms with Crippen LogP contribution in [-0.2, 0) is 18.4 Å². The van der Waals surface area contributed by atoms with Crippen molar-refractivity contribution in [2.24, 2.45) is 7.05 Å². The number of fused-ring (bicyclic) bond motifs is 1. The Morgan fingerprint density at radius 3 is 2.90 bits per heavy atom. The molecule has 0 saturated heterocycles. The quantitative estimate of drug-likeness (QED) is 0.771. The van der Waals surface area contributed by atoms with Crippen molar-refractivity contribution in [3.63, 3.8) is 0 Å². The van der Waals surface area contributed by atoms with Crippen LogP contribution in [0.3, 0.4) is 0 Å². The second-order valence-electron chi connectivity index (χ2n) is 4.91. The molecule has 1 amide bonds. The van der Waals surface area contributed by atoms with Gasteiger partial charge < -0.3 is 11.1 Å². The molecule has 21 heavy (non-hydrogen) atoms. The summed E-state index contributed by atoms with van der Waals surface area (Å²) in [5, 5.41) is 7.50. The van der Waals surface area contributed by atoms with E-state index < -0.39 is 0 Å². The lowest BCUT2D eigenvalue weighted by molar-refractivity contribution is -0.121. The number of anilines is 1. The van der Waals surface area contributed by atoms with E-state index >= 15 is 0 Å². The Kier molecular flexibility index (Phi) is 4.69. The van der Waals surface area contributed by atoms with Crippen molar-refractivity contribution in [3.05, 3.63) is 12.0 Å². The lowest BCUT2D eigenvalue weighted by Gasteiger charge is -2.19. The molecule has 0 aromatic carbocycles. The van der Waals surface area contributed by atoms with Crippen LogP contribution in [0.4, 0.5) is 5.82 Å². The first-order valence-electron chi connectivity index (χ1n) is 6.92. The largest absolute Gasteiger partial charge is 0.383 e. The summed E-state index contributed by atoms with van der Waals surface area (Å²) in [6, 6.07) is 0. The van der Waals surface area contributed by atoms with Crippen molar-refractivity contribution in [2.45, 2.75) is 19.9 Å². The van der Waals surface area contributed by atoms with E-state index in [0.717, 1.165) is 18.4 Å². The smallest absolute Gasteiger partial charge is 0.233 e. The van der Waals surface area contributed by atoms with E-state index in [1.807, 2.05) is 11.9 Å². The zero-order valence-electron chi connectivity index (χ0n) is 12.6. The van der Waals surface area contributed by atoms with Crippen molar-refractivity contribution in [1.29, 1.82) is 0 Å². The normalized spacial score (nSPS) is 11.2. The van der Waals surface area contributed by atoms with Gasteiger partial charge in [0.15, 0.2) is 5.65 Å². The van der Waals surface area contributed by atoms with Crippen LogP contribution in [0.15, 0.2) is 6.20 Å². The maximum atomic E-state index is 11.5. The number of nitrogens with two attached hydrogens (primary N) is 1. The molecule has 0 atom stereocenters. The van der Waals surface area contributed by atoms with E-state index in [2.05, 4.69) is 27.3 Å². The first-order chi connectivity index (χ1) is 10.0. The molecule has 0 aliphatic carbocycles. The zero-order valence-corrected chi connectivity index (χ0v) is 12.6. The number of rotatable bonds is 6. The monoisotopic (exact) mass is 291 g/mol. The van der Waals surface area contributed by atoms with E-state index in [0.29, 0.717) is 30.4 Å². The van der Waals surface area contributed by atoms with Gasteiger partial charge in [0.05, 0.1) is 24.7 Å². The van der Waals surface area contributed by atoms with Gasteiger partial charge in [-0.25, -0.2) is 9.97 Å². The predicted octanol–water partition coefficient (Wildman–Crippen LogP) is -0.0965. The highest BCUT2D eigenvalue weighted by molar-refractivity contribution is 5.84. The molecule has 8 nitrogen and oxygen atoms in total. The highest BCUT2D eigenvalue weighted by Gasteiger charge is 2.14. The summed E-state index contributed by atoms with van der Waals surface area (Å²) >= 11 is 0. The van der Waals surface area contributed by atoms with Crippen molar-refractivity contribution in [3.8, 4) is 0 Å². The SMILES string of the molecule is CCCN(CC(=O)NC)Cc1nc(N)c2cnn(C)c2n1. The lowest BCUT2D eigenvalue weighted by Crippen LogP contribution is -2.36. The molecule has 0 saturated carbocycles. The van der Waals surface area contributed by atoms with Gasteiger partial charge in [-0.05, 0) is 13.0 Å². The fourth-order valence-corrected chi connectivity index (χ4v) is 2.17. The number of carbonyl (C=O) groups is 1. The third-order valence-electron chi connectivity index (χ3n) is 3.22. The zero-order chi connectivity index (χ0) is 15.4. The number of hydrogen-bond acceptors (Lipinski definition) is 6. The minimum atomic E-state index is -0.0296. The number of nitrogen functional groups attached to an aromatic ring is 1. The van der Waals surface area contributed by atoms with Crippen LogP contribution in [0.2, 0.25) is 0 Å². The van der Waals surface area contributed by atoms with Crippen LogP contribution in [-0.4, -0.2) is 50.7 Å². The number of nitrogens with one attached hydrogen (secondary N) is 1. The van der Waals surface area contributed by atoms with Gasteiger partial charge in [-0.1, -0.05) is 6.92 Å². The van der Waals surface area contributed by atoms with Gasteiger partial charge >= 0.3 is 0 Å². The molecular formula is C13H21N7O. The second-order valence-corrected chi connectivity index (χ2v) is 4.91. The summed E-state index contributed by atoms with van der Waals surface area (Å²) in [4.78, 5) is 22.3. The van der Waals surface area contributed by atoms with Crippen LogP contribution < -0.4 is 11.1 Å². The van der Waals surface area contributed by atoms with Gasteiger partial charge in [-0.2, -0.15) is 5.10 Å². The summed E-state index contributed by atoms with van der Waals surface area (Å²) in [6.07, 6.45) is 2.60. The van der Waals surface area contributed by atoms with Crippen LogP contribution >= 0.6 is 0 Å². The van der Waals surface area contributed by atoms with Gasteiger partial charge in [-0.15, -0.1) is 0 Å². The van der Waals surface area contributed by atoms with Crippen LogP contribution in [0.1, 0.15) is 19.2 Å². The Morgan fingerprint density at radius 1 is 1.48 bits per heavy atom. The number of aromatic nitrogens is 4. The summed E-state index contributed by atoms with van der Waals surface area (Å²) in [6.45, 7) is 3.65. The van der Waals surface area contributed by atoms with Crippen LogP contribution in [0.5, 0.6) is 0 Å². The van der Waals surface area contributed by atoms with E-state index in [-0.39, 0.29) is 5.91 Å². The number of carbonyl (C=O) groups excluding carboxylic acids is 1. The Labute approximate surface area is 123 Å². The average molecular weight is 291 g/mol. The standard InChI is InChI=1S/C13H21N7O/c1-4-5-20(8-11(21)15-2)7-10-17-12(14)9-6-16-19(3)13(9)18-10/h6H,4-5,7-8H2,1-3H3,(H,15,21)(H2,14,17,18). The van der Waals surface area contributed by atoms with Crippen molar-refractivity contribution in [2.75, 3.05) is 25.9 Å².